The van der Waals surface area contributed by atoms with Crippen molar-refractivity contribution in [2.75, 3.05) is 25.6 Å². The van der Waals surface area contributed by atoms with Crippen LogP contribution in [-0.2, 0) is 23.4 Å². The van der Waals surface area contributed by atoms with Crippen LogP contribution in [0.4, 0.5) is 5.82 Å². The van der Waals surface area contributed by atoms with Gasteiger partial charge >= 0.3 is 0 Å². The molecule has 0 saturated carbocycles. The van der Waals surface area contributed by atoms with E-state index < -0.39 is 44.9 Å². The number of ether oxygens (including phenoxy) is 2. The molecule has 0 aliphatic carbocycles. The highest BCUT2D eigenvalue weighted by Crippen LogP contribution is 2.50. The molecule has 0 spiro atoms. The van der Waals surface area contributed by atoms with Crippen molar-refractivity contribution in [1.29, 1.82) is 5.26 Å². The first-order valence-corrected chi connectivity index (χ1v) is 17.9. The summed E-state index contributed by atoms with van der Waals surface area (Å²) in [5, 5.41) is 12.8. The lowest BCUT2D eigenvalue weighted by atomic mass is 10.1. The third-order valence-corrected chi connectivity index (χ3v) is 10.6. The Morgan fingerprint density at radius 1 is 1.00 bits per heavy atom. The molecule has 52 heavy (non-hydrogen) atoms. The summed E-state index contributed by atoms with van der Waals surface area (Å²) >= 11 is 0. The summed E-state index contributed by atoms with van der Waals surface area (Å²) in [4.78, 5) is 58.4. The van der Waals surface area contributed by atoms with Crippen molar-refractivity contribution in [3.8, 4) is 6.07 Å². The lowest BCUT2D eigenvalue weighted by Crippen LogP contribution is -2.42. The van der Waals surface area contributed by atoms with Crippen molar-refractivity contribution in [3.05, 3.63) is 83.9 Å². The van der Waals surface area contributed by atoms with Crippen molar-refractivity contribution < 1.29 is 37.7 Å². The molecule has 3 amide bonds. The number of hydrogen-bond donors (Lipinski definition) is 1. The molecule has 2 aliphatic rings. The Morgan fingerprint density at radius 2 is 1.67 bits per heavy atom. The number of carbonyl (C=O) groups excluding carboxylic acids is 3. The second-order valence-electron chi connectivity index (χ2n) is 12.5. The molecule has 17 heteroatoms. The van der Waals surface area contributed by atoms with Gasteiger partial charge in [-0.2, -0.15) is 5.26 Å². The Hall–Kier alpha value is -4.72. The average Bonchev–Trinajstić information content (AvgIpc) is 3.79. The number of amides is 3. The van der Waals surface area contributed by atoms with E-state index in [2.05, 4.69) is 31.0 Å². The molecule has 1 fully saturated rings. The van der Waals surface area contributed by atoms with Crippen LogP contribution in [0.2, 0.25) is 0 Å². The number of hydroxylamine groups is 2. The summed E-state index contributed by atoms with van der Waals surface area (Å²) in [5.41, 5.74) is 1.56. The highest BCUT2D eigenvalue weighted by Gasteiger charge is 2.51. The van der Waals surface area contributed by atoms with Gasteiger partial charge in [-0.25, -0.2) is 19.6 Å². The van der Waals surface area contributed by atoms with Gasteiger partial charge in [0.2, 0.25) is 0 Å². The van der Waals surface area contributed by atoms with E-state index in [4.69, 9.17) is 23.4 Å². The monoisotopic (exact) mass is 730 g/mol. The molecule has 2 aromatic heterocycles. The zero-order chi connectivity index (χ0) is 36.9. The minimum atomic E-state index is -1.79. The second kappa shape index (κ2) is 16.3. The van der Waals surface area contributed by atoms with E-state index in [1.807, 2.05) is 33.8 Å². The number of nitrogens with zero attached hydrogens (tertiary/aromatic N) is 7. The summed E-state index contributed by atoms with van der Waals surface area (Å²) in [6.45, 7) is 7.91. The van der Waals surface area contributed by atoms with E-state index in [-0.39, 0.29) is 54.6 Å². The largest absolute Gasteiger partial charge is 0.374 e. The van der Waals surface area contributed by atoms with E-state index in [0.717, 1.165) is 5.06 Å². The lowest BCUT2D eigenvalue weighted by molar-refractivity contribution is -0.139. The number of hydrogen-bond acceptors (Lipinski definition) is 13. The molecule has 2 aliphatic heterocycles. The Morgan fingerprint density at radius 3 is 2.31 bits per heavy atom. The average molecular weight is 731 g/mol. The van der Waals surface area contributed by atoms with Crippen molar-refractivity contribution in [2.45, 2.75) is 70.7 Å². The van der Waals surface area contributed by atoms with Crippen LogP contribution >= 0.6 is 8.53 Å². The molecule has 4 heterocycles. The van der Waals surface area contributed by atoms with Gasteiger partial charge in [0.15, 0.2) is 23.2 Å². The molecular formula is C35H39N8O8P. The Bertz CT molecular complexity index is 1910. The van der Waals surface area contributed by atoms with Gasteiger partial charge in [0.1, 0.15) is 31.2 Å². The molecule has 0 bridgehead atoms. The number of imidazole rings is 1. The fraction of sp³-hybridized carbons (Fsp3) is 0.400. The van der Waals surface area contributed by atoms with Crippen LogP contribution in [0.1, 0.15) is 71.4 Å². The first kappa shape index (κ1) is 37.1. The van der Waals surface area contributed by atoms with E-state index in [0.29, 0.717) is 16.7 Å². The SMILES string of the molecule is CO[C@H]1C(OP(OCCC#N)N(C(C)C)C(C)C)[C@@H](CON2C(=O)c3ccccc3C2=O)O[C@H]1n1cnc2c(NC(=O)c3ccccc3)ncnc21. The summed E-state index contributed by atoms with van der Waals surface area (Å²) < 4.78 is 29.3. The van der Waals surface area contributed by atoms with Crippen LogP contribution in [0.5, 0.6) is 0 Å². The number of aromatic nitrogens is 4. The van der Waals surface area contributed by atoms with Crippen molar-refractivity contribution in [1.82, 2.24) is 29.3 Å². The van der Waals surface area contributed by atoms with Crippen LogP contribution in [0.3, 0.4) is 0 Å². The zero-order valence-electron chi connectivity index (χ0n) is 29.3. The van der Waals surface area contributed by atoms with Crippen molar-refractivity contribution in [2.24, 2.45) is 0 Å². The minimum Gasteiger partial charge on any atom is -0.374 e. The predicted octanol–water partition coefficient (Wildman–Crippen LogP) is 4.88. The normalized spacial score (nSPS) is 20.6. The Kier molecular flexibility index (Phi) is 11.6. The molecule has 1 N–H and O–H groups in total. The smallest absolute Gasteiger partial charge is 0.285 e. The van der Waals surface area contributed by atoms with Gasteiger partial charge < -0.3 is 23.8 Å². The Labute approximate surface area is 301 Å². The van der Waals surface area contributed by atoms with Gasteiger partial charge in [-0.05, 0) is 52.0 Å². The summed E-state index contributed by atoms with van der Waals surface area (Å²) in [7, 11) is -0.283. The summed E-state index contributed by atoms with van der Waals surface area (Å²) in [6.07, 6.45) is -0.571. The standard InChI is InChI=1S/C35H39N8O8P/c1-21(2)43(22(3)4)52(49-17-11-16-36)51-28-26(18-48-42-33(45)24-14-9-10-15-25(24)34(42)46)50-35(29(28)47-5)41-20-39-27-30(37-19-38-31(27)41)40-32(44)23-12-7-6-8-13-23/h6-10,12-15,19-22,26,28-29,35H,11,17-18H2,1-5H3,(H,37,38,40,44)/t26-,28?,29+,35-,52?/m1/s1. The van der Waals surface area contributed by atoms with Gasteiger partial charge in [0, 0.05) is 24.8 Å². The Balaban J connectivity index is 1.32. The van der Waals surface area contributed by atoms with Crippen LogP contribution in [0, 0.1) is 11.3 Å². The number of nitriles is 1. The number of rotatable bonds is 15. The van der Waals surface area contributed by atoms with Crippen LogP contribution < -0.4 is 5.32 Å². The van der Waals surface area contributed by atoms with Crippen molar-refractivity contribution >= 4 is 43.2 Å². The van der Waals surface area contributed by atoms with E-state index in [9.17, 15) is 19.6 Å². The van der Waals surface area contributed by atoms with Crippen LogP contribution in [0.25, 0.3) is 11.2 Å². The number of nitrogens with one attached hydrogen (secondary N) is 1. The second-order valence-corrected chi connectivity index (χ2v) is 13.9. The number of fused-ring (bicyclic) bond motifs is 2. The number of benzene rings is 2. The molecular weight excluding hydrogens is 691 g/mol. The third kappa shape index (κ3) is 7.43. The van der Waals surface area contributed by atoms with Gasteiger partial charge in [-0.1, -0.05) is 30.3 Å². The highest BCUT2D eigenvalue weighted by molar-refractivity contribution is 7.44. The molecule has 16 nitrogen and oxygen atoms in total. The quantitative estimate of drug-likeness (QED) is 0.0993. The topological polar surface area (TPSA) is 183 Å². The molecule has 5 atom stereocenters. The summed E-state index contributed by atoms with van der Waals surface area (Å²) in [6, 6.07) is 17.3. The first-order valence-electron chi connectivity index (χ1n) is 16.7. The number of imide groups is 1. The van der Waals surface area contributed by atoms with Gasteiger partial charge in [0.25, 0.3) is 26.2 Å². The van der Waals surface area contributed by atoms with Gasteiger partial charge in [0.05, 0.1) is 36.6 Å². The third-order valence-electron chi connectivity index (χ3n) is 8.46. The van der Waals surface area contributed by atoms with Gasteiger partial charge in [-0.3, -0.25) is 23.8 Å². The highest BCUT2D eigenvalue weighted by atomic mass is 31.2. The number of anilines is 1. The maximum Gasteiger partial charge on any atom is 0.285 e. The minimum absolute atomic E-state index is 0.000771. The van der Waals surface area contributed by atoms with Crippen LogP contribution in [-0.4, -0.2) is 97.7 Å². The lowest BCUT2D eigenvalue weighted by Gasteiger charge is -2.38. The zero-order valence-corrected chi connectivity index (χ0v) is 30.2. The fourth-order valence-electron chi connectivity index (χ4n) is 6.17. The predicted molar refractivity (Wildman–Crippen MR) is 187 cm³/mol. The molecule has 2 unspecified atom stereocenters. The van der Waals surface area contributed by atoms with E-state index in [1.54, 1.807) is 53.1 Å². The van der Waals surface area contributed by atoms with E-state index >= 15 is 0 Å². The first-order chi connectivity index (χ1) is 25.1. The molecule has 0 radical (unpaired) electrons. The number of methoxy groups -OCH3 is 1. The van der Waals surface area contributed by atoms with E-state index in [1.165, 1.54) is 19.8 Å². The molecule has 2 aromatic carbocycles. The fourth-order valence-corrected chi connectivity index (χ4v) is 7.94. The van der Waals surface area contributed by atoms with Crippen LogP contribution in [0.15, 0.2) is 67.3 Å². The maximum absolute atomic E-state index is 13.2. The number of carbonyl (C=O) groups is 3. The maximum atomic E-state index is 13.2. The molecule has 1 saturated heterocycles. The van der Waals surface area contributed by atoms with Gasteiger partial charge in [-0.15, -0.1) is 5.06 Å². The van der Waals surface area contributed by atoms with Crippen molar-refractivity contribution in [3.63, 3.8) is 0 Å². The molecule has 4 aromatic rings. The molecule has 6 rings (SSSR count). The summed E-state index contributed by atoms with van der Waals surface area (Å²) in [5.74, 6) is -1.36. The molecule has 272 valence electrons.